The molecule has 0 fully saturated rings. The lowest BCUT2D eigenvalue weighted by Gasteiger charge is -2.28. The van der Waals surface area contributed by atoms with E-state index in [4.69, 9.17) is 20.2 Å². The Balaban J connectivity index is 1.66. The van der Waals surface area contributed by atoms with Gasteiger partial charge in [0.25, 0.3) is 0 Å². The number of fused-ring (bicyclic) bond motifs is 1. The van der Waals surface area contributed by atoms with Crippen LogP contribution < -0.4 is 16.0 Å². The highest BCUT2D eigenvalue weighted by Crippen LogP contribution is 2.53. The minimum Gasteiger partial charge on any atom is -0.348 e. The van der Waals surface area contributed by atoms with Gasteiger partial charge in [-0.25, -0.2) is 9.36 Å². The maximum absolute atomic E-state index is 14.9. The van der Waals surface area contributed by atoms with Crippen LogP contribution in [0.25, 0.3) is 0 Å². The van der Waals surface area contributed by atoms with Crippen LogP contribution in [0, 0.1) is 0 Å². The molecule has 3 heterocycles. The average molecular weight is 672 g/mol. The Morgan fingerprint density at radius 2 is 1.08 bits per heavy atom. The molecular formula is C38H45N11O. The quantitative estimate of drug-likeness (QED) is 0.122. The van der Waals surface area contributed by atoms with E-state index in [0.717, 1.165) is 16.9 Å². The first-order valence-corrected chi connectivity index (χ1v) is 16.8. The zero-order chi connectivity index (χ0) is 35.6. The first-order chi connectivity index (χ1) is 24.0. The van der Waals surface area contributed by atoms with E-state index in [2.05, 4.69) is 43.6 Å². The maximum Gasteiger partial charge on any atom is 0.244 e. The summed E-state index contributed by atoms with van der Waals surface area (Å²) < 4.78 is 3.72. The Morgan fingerprint density at radius 3 is 1.50 bits per heavy atom. The third-order valence-electron chi connectivity index (χ3n) is 8.58. The summed E-state index contributed by atoms with van der Waals surface area (Å²) in [5.41, 5.74) is 3.08. The van der Waals surface area contributed by atoms with Crippen molar-refractivity contribution < 1.29 is 4.79 Å². The molecule has 0 aliphatic carbocycles. The van der Waals surface area contributed by atoms with E-state index in [1.807, 2.05) is 132 Å². The summed E-state index contributed by atoms with van der Waals surface area (Å²) in [6.07, 6.45) is 3.54. The van der Waals surface area contributed by atoms with Gasteiger partial charge in [0.2, 0.25) is 17.8 Å². The van der Waals surface area contributed by atoms with Crippen LogP contribution in [0.5, 0.6) is 0 Å². The standard InChI is InChI=1S/C38H45N11O/c1-25(2)48-33(44-36(46(5)6)41-27-17-11-9-12-18-27)30(23-39-48)38(29-21-15-16-22-32(29)43-35(38)50)31-24-40-49(26(3)4)34(31)45-37(47(7)8)42-28-19-13-10-14-20-28/h9-26H,1-8H3,(H,41,44)(H,42,45)(H,43,50). The van der Waals surface area contributed by atoms with Gasteiger partial charge in [-0.1, -0.05) is 54.6 Å². The monoisotopic (exact) mass is 671 g/mol. The van der Waals surface area contributed by atoms with Crippen LogP contribution in [-0.2, 0) is 10.2 Å². The summed E-state index contributed by atoms with van der Waals surface area (Å²) in [6, 6.07) is 27.4. The number of anilines is 3. The van der Waals surface area contributed by atoms with E-state index in [9.17, 15) is 4.79 Å². The Kier molecular flexibility index (Phi) is 9.45. The Hall–Kier alpha value is -5.91. The number of nitrogens with one attached hydrogen (secondary N) is 3. The van der Waals surface area contributed by atoms with Gasteiger partial charge < -0.3 is 25.8 Å². The van der Waals surface area contributed by atoms with Crippen molar-refractivity contribution in [2.75, 3.05) is 44.1 Å². The predicted molar refractivity (Wildman–Crippen MR) is 202 cm³/mol. The van der Waals surface area contributed by atoms with Crippen molar-refractivity contribution >= 4 is 46.5 Å². The van der Waals surface area contributed by atoms with E-state index in [1.54, 1.807) is 12.4 Å². The third kappa shape index (κ3) is 6.20. The third-order valence-corrected chi connectivity index (χ3v) is 8.58. The molecule has 258 valence electrons. The van der Waals surface area contributed by atoms with Gasteiger partial charge in [0.05, 0.1) is 12.4 Å². The first-order valence-electron chi connectivity index (χ1n) is 16.8. The SMILES string of the molecule is CC(C)n1ncc(C2(c3cnn(C(C)C)c3N=C(Nc3ccccc3)N(C)C)C(=O)Nc3ccccc32)c1N=C(Nc1ccccc1)N(C)C. The fraction of sp³-hybridized carbons (Fsp3) is 0.289. The van der Waals surface area contributed by atoms with E-state index >= 15 is 0 Å². The smallest absolute Gasteiger partial charge is 0.244 e. The molecule has 3 N–H and O–H groups in total. The fourth-order valence-electron chi connectivity index (χ4n) is 6.14. The predicted octanol–water partition coefficient (Wildman–Crippen LogP) is 6.85. The lowest BCUT2D eigenvalue weighted by Crippen LogP contribution is -2.37. The molecule has 2 aromatic heterocycles. The summed E-state index contributed by atoms with van der Waals surface area (Å²) in [7, 11) is 7.72. The number of aliphatic imine (C=N–C) groups is 2. The minimum absolute atomic E-state index is 0.0642. The number of guanidine groups is 2. The number of hydrogen-bond acceptors (Lipinski definition) is 5. The van der Waals surface area contributed by atoms with Crippen LogP contribution in [0.4, 0.5) is 28.7 Å². The molecule has 1 amide bonds. The largest absolute Gasteiger partial charge is 0.348 e. The van der Waals surface area contributed by atoms with Gasteiger partial charge in [0.15, 0.2) is 11.6 Å². The zero-order valence-electron chi connectivity index (χ0n) is 29.9. The molecule has 1 aliphatic rings. The highest BCUT2D eigenvalue weighted by Gasteiger charge is 2.54. The van der Waals surface area contributed by atoms with Gasteiger partial charge in [-0.05, 0) is 58.0 Å². The van der Waals surface area contributed by atoms with E-state index in [1.165, 1.54) is 0 Å². The van der Waals surface area contributed by atoms with Gasteiger partial charge in [0.1, 0.15) is 5.41 Å². The molecule has 12 nitrogen and oxygen atoms in total. The Morgan fingerprint density at radius 1 is 0.660 bits per heavy atom. The van der Waals surface area contributed by atoms with Gasteiger partial charge in [-0.15, -0.1) is 0 Å². The zero-order valence-corrected chi connectivity index (χ0v) is 29.9. The molecule has 0 spiro atoms. The van der Waals surface area contributed by atoms with Crippen LogP contribution >= 0.6 is 0 Å². The van der Waals surface area contributed by atoms with Gasteiger partial charge in [0, 0.05) is 74.0 Å². The normalized spacial score (nSPS) is 16.1. The molecule has 50 heavy (non-hydrogen) atoms. The molecule has 0 unspecified atom stereocenters. The van der Waals surface area contributed by atoms with Crippen LogP contribution in [0.2, 0.25) is 0 Å². The number of aromatic nitrogens is 4. The number of para-hydroxylation sites is 3. The highest BCUT2D eigenvalue weighted by atomic mass is 16.2. The molecular weight excluding hydrogens is 626 g/mol. The number of rotatable bonds is 8. The molecule has 0 radical (unpaired) electrons. The van der Waals surface area contributed by atoms with E-state index < -0.39 is 5.41 Å². The van der Waals surface area contributed by atoms with Crippen molar-refractivity contribution in [3.8, 4) is 0 Å². The lowest BCUT2D eigenvalue weighted by atomic mass is 9.71. The van der Waals surface area contributed by atoms with Crippen LogP contribution in [0.1, 0.15) is 56.5 Å². The summed E-state index contributed by atoms with van der Waals surface area (Å²) in [4.78, 5) is 29.2. The first kappa shape index (κ1) is 34.0. The molecule has 0 saturated heterocycles. The molecule has 6 rings (SSSR count). The summed E-state index contributed by atoms with van der Waals surface area (Å²) >= 11 is 0. The second-order valence-electron chi connectivity index (χ2n) is 13.2. The number of amides is 1. The highest BCUT2D eigenvalue weighted by molar-refractivity contribution is 6.13. The molecule has 3 aromatic carbocycles. The number of hydrogen-bond donors (Lipinski definition) is 3. The second kappa shape index (κ2) is 13.9. The van der Waals surface area contributed by atoms with Crippen LogP contribution in [0.3, 0.4) is 0 Å². The topological polar surface area (TPSA) is 120 Å². The van der Waals surface area contributed by atoms with E-state index in [-0.39, 0.29) is 18.0 Å². The molecule has 5 aromatic rings. The van der Waals surface area contributed by atoms with Gasteiger partial charge in [-0.3, -0.25) is 4.79 Å². The number of carbonyl (C=O) groups is 1. The van der Waals surface area contributed by atoms with Crippen LogP contribution in [-0.4, -0.2) is 75.4 Å². The van der Waals surface area contributed by atoms with Crippen molar-refractivity contribution in [2.45, 2.75) is 45.2 Å². The molecule has 0 saturated carbocycles. The maximum atomic E-state index is 14.9. The average Bonchev–Trinajstić information content (AvgIpc) is 3.79. The minimum atomic E-state index is -1.40. The number of benzene rings is 3. The van der Waals surface area contributed by atoms with Gasteiger partial charge in [-0.2, -0.15) is 20.2 Å². The van der Waals surface area contributed by atoms with Crippen molar-refractivity contribution in [3.05, 3.63) is 114 Å². The Labute approximate surface area is 293 Å². The second-order valence-corrected chi connectivity index (χ2v) is 13.2. The molecule has 0 bridgehead atoms. The van der Waals surface area contributed by atoms with Crippen LogP contribution in [0.15, 0.2) is 107 Å². The van der Waals surface area contributed by atoms with Crippen molar-refractivity contribution in [1.82, 2.24) is 29.4 Å². The molecule has 1 aliphatic heterocycles. The Bertz CT molecular complexity index is 1910. The van der Waals surface area contributed by atoms with E-state index in [0.29, 0.717) is 40.4 Å². The summed E-state index contributed by atoms with van der Waals surface area (Å²) in [5.74, 6) is 2.02. The summed E-state index contributed by atoms with van der Waals surface area (Å²) in [6.45, 7) is 8.21. The number of nitrogens with zero attached hydrogens (tertiary/aromatic N) is 8. The van der Waals surface area contributed by atoms with Crippen molar-refractivity contribution in [2.24, 2.45) is 9.98 Å². The van der Waals surface area contributed by atoms with Gasteiger partial charge >= 0.3 is 0 Å². The summed E-state index contributed by atoms with van der Waals surface area (Å²) in [5, 5.41) is 19.8. The fourth-order valence-corrected chi connectivity index (χ4v) is 6.14. The molecule has 12 heteroatoms. The molecule has 0 atom stereocenters. The number of carbonyl (C=O) groups excluding carboxylic acids is 1. The van der Waals surface area contributed by atoms with Crippen molar-refractivity contribution in [3.63, 3.8) is 0 Å². The van der Waals surface area contributed by atoms with Crippen molar-refractivity contribution in [1.29, 1.82) is 0 Å². The lowest BCUT2D eigenvalue weighted by molar-refractivity contribution is -0.118.